The molecule has 0 aliphatic heterocycles. The van der Waals surface area contributed by atoms with Crippen molar-refractivity contribution in [1.29, 1.82) is 0 Å². The van der Waals surface area contributed by atoms with E-state index in [1.54, 1.807) is 6.92 Å². The number of hydrogen-bond acceptors (Lipinski definition) is 1. The first kappa shape index (κ1) is 10.7. The van der Waals surface area contributed by atoms with Crippen molar-refractivity contribution in [2.24, 2.45) is 17.8 Å². The van der Waals surface area contributed by atoms with Gasteiger partial charge in [-0.05, 0) is 32.1 Å². The molecule has 11 heavy (non-hydrogen) atoms. The van der Waals surface area contributed by atoms with Crippen molar-refractivity contribution in [3.63, 3.8) is 0 Å². The SMILES string of the molecule is [B]C(=O)C(CC([CH])C)C([CH])C. The standard InChI is InChI=1S/C9H13BO/c1-6(2)5-8(7(3)4)9(10)11/h1,3,6-8H,5H2,2,4H3. The molecule has 2 heteroatoms. The lowest BCUT2D eigenvalue weighted by Crippen LogP contribution is -2.22. The molecule has 0 spiro atoms. The summed E-state index contributed by atoms with van der Waals surface area (Å²) < 4.78 is 0. The molecule has 0 amide bonds. The largest absolute Gasteiger partial charge is 0.312 e. The highest BCUT2D eigenvalue weighted by Gasteiger charge is 2.18. The molecule has 0 saturated heterocycles. The van der Waals surface area contributed by atoms with Gasteiger partial charge >= 0.3 is 0 Å². The summed E-state index contributed by atoms with van der Waals surface area (Å²) in [5.41, 5.74) is -0.364. The van der Waals surface area contributed by atoms with E-state index in [9.17, 15) is 4.79 Å². The van der Waals surface area contributed by atoms with Crippen LogP contribution in [0.1, 0.15) is 20.3 Å². The van der Waals surface area contributed by atoms with E-state index < -0.39 is 0 Å². The molecule has 0 aromatic rings. The van der Waals surface area contributed by atoms with Crippen LogP contribution in [0.5, 0.6) is 0 Å². The van der Waals surface area contributed by atoms with Gasteiger partial charge in [0.15, 0.2) is 7.85 Å². The number of hydrogen-bond donors (Lipinski definition) is 0. The van der Waals surface area contributed by atoms with Crippen LogP contribution in [-0.2, 0) is 4.79 Å². The first-order valence-corrected chi connectivity index (χ1v) is 3.75. The molecule has 0 saturated carbocycles. The molecule has 0 fully saturated rings. The Hall–Kier alpha value is -0.265. The summed E-state index contributed by atoms with van der Waals surface area (Å²) in [6.45, 7) is 14.6. The van der Waals surface area contributed by atoms with Gasteiger partial charge < -0.3 is 4.79 Å². The summed E-state index contributed by atoms with van der Waals surface area (Å²) in [4.78, 5) is 10.8. The highest BCUT2D eigenvalue weighted by Crippen LogP contribution is 2.19. The van der Waals surface area contributed by atoms with Gasteiger partial charge in [-0.15, -0.1) is 0 Å². The van der Waals surface area contributed by atoms with Crippen molar-refractivity contribution in [1.82, 2.24) is 0 Å². The summed E-state index contributed by atoms with van der Waals surface area (Å²) in [6, 6.07) is 0. The van der Waals surface area contributed by atoms with E-state index in [0.717, 1.165) is 0 Å². The molecular weight excluding hydrogens is 135 g/mol. The van der Waals surface area contributed by atoms with Crippen molar-refractivity contribution < 1.29 is 4.79 Å². The lowest BCUT2D eigenvalue weighted by Gasteiger charge is -2.19. The molecule has 0 heterocycles. The van der Waals surface area contributed by atoms with Gasteiger partial charge in [0.25, 0.3) is 0 Å². The van der Waals surface area contributed by atoms with Crippen molar-refractivity contribution in [2.45, 2.75) is 20.3 Å². The molecule has 0 aromatic heterocycles. The summed E-state index contributed by atoms with van der Waals surface area (Å²) >= 11 is 0. The monoisotopic (exact) mass is 148 g/mol. The molecule has 3 unspecified atom stereocenters. The smallest absolute Gasteiger partial charge is 0.168 e. The summed E-state index contributed by atoms with van der Waals surface area (Å²) in [5.74, 6) is -0.535. The average Bonchev–Trinajstić information content (AvgIpc) is 1.81. The van der Waals surface area contributed by atoms with Gasteiger partial charge in [0.2, 0.25) is 0 Å². The lowest BCUT2D eigenvalue weighted by molar-refractivity contribution is -0.116. The van der Waals surface area contributed by atoms with Gasteiger partial charge in [0.05, 0.1) is 5.68 Å². The average molecular weight is 148 g/mol. The topological polar surface area (TPSA) is 17.1 Å². The van der Waals surface area contributed by atoms with Crippen molar-refractivity contribution in [3.8, 4) is 0 Å². The first-order valence-electron chi connectivity index (χ1n) is 3.75. The molecule has 58 valence electrons. The van der Waals surface area contributed by atoms with Crippen LogP contribution in [0.2, 0.25) is 0 Å². The Morgan fingerprint density at radius 2 is 1.91 bits per heavy atom. The number of carbonyl (C=O) groups is 1. The highest BCUT2D eigenvalue weighted by molar-refractivity contribution is 6.58. The summed E-state index contributed by atoms with van der Waals surface area (Å²) in [7, 11) is 5.11. The molecule has 1 nitrogen and oxygen atoms in total. The molecule has 0 aliphatic carbocycles. The zero-order valence-electron chi connectivity index (χ0n) is 7.08. The van der Waals surface area contributed by atoms with Crippen LogP contribution >= 0.6 is 0 Å². The Bertz CT molecular complexity index is 130. The molecule has 6 radical (unpaired) electrons. The maximum Gasteiger partial charge on any atom is 0.168 e. The Labute approximate surface area is 71.0 Å². The molecular formula is C9H13BO. The van der Waals surface area contributed by atoms with Crippen LogP contribution in [0.3, 0.4) is 0 Å². The fraction of sp³-hybridized carbons (Fsp3) is 0.667. The number of carbonyl (C=O) groups excluding carboxylic acids is 1. The zero-order valence-corrected chi connectivity index (χ0v) is 7.08. The normalized spacial score (nSPS) is 14.0. The van der Waals surface area contributed by atoms with Crippen LogP contribution in [0.4, 0.5) is 0 Å². The maximum absolute atomic E-state index is 10.8. The van der Waals surface area contributed by atoms with E-state index in [1.165, 1.54) is 0 Å². The second-order valence-corrected chi connectivity index (χ2v) is 3.08. The van der Waals surface area contributed by atoms with Crippen LogP contribution in [-0.4, -0.2) is 13.5 Å². The second kappa shape index (κ2) is 4.58. The third kappa shape index (κ3) is 4.23. The van der Waals surface area contributed by atoms with Crippen LogP contribution < -0.4 is 0 Å². The van der Waals surface area contributed by atoms with E-state index in [1.807, 2.05) is 6.92 Å². The third-order valence-electron chi connectivity index (χ3n) is 1.63. The fourth-order valence-electron chi connectivity index (χ4n) is 0.990. The summed E-state index contributed by atoms with van der Waals surface area (Å²) in [5, 5.41) is 0. The summed E-state index contributed by atoms with van der Waals surface area (Å²) in [6.07, 6.45) is 0.562. The van der Waals surface area contributed by atoms with Crippen LogP contribution in [0.25, 0.3) is 0 Å². The third-order valence-corrected chi connectivity index (χ3v) is 1.63. The minimum absolute atomic E-state index is 0.0292. The van der Waals surface area contributed by atoms with Crippen LogP contribution in [0.15, 0.2) is 0 Å². The Balaban J connectivity index is 4.01. The molecule has 3 atom stereocenters. The van der Waals surface area contributed by atoms with Gasteiger partial charge in [-0.3, -0.25) is 0 Å². The van der Waals surface area contributed by atoms with E-state index in [0.29, 0.717) is 6.42 Å². The van der Waals surface area contributed by atoms with Crippen molar-refractivity contribution >= 4 is 13.5 Å². The highest BCUT2D eigenvalue weighted by atomic mass is 16.1. The lowest BCUT2D eigenvalue weighted by atomic mass is 9.77. The van der Waals surface area contributed by atoms with Gasteiger partial charge in [-0.2, -0.15) is 0 Å². The molecule has 0 rings (SSSR count). The van der Waals surface area contributed by atoms with Gasteiger partial charge in [0, 0.05) is 5.92 Å². The predicted octanol–water partition coefficient (Wildman–Crippen LogP) is 1.38. The van der Waals surface area contributed by atoms with E-state index in [-0.39, 0.29) is 23.4 Å². The zero-order chi connectivity index (χ0) is 9.02. The minimum atomic E-state index is -0.364. The Morgan fingerprint density at radius 3 is 2.00 bits per heavy atom. The van der Waals surface area contributed by atoms with E-state index >= 15 is 0 Å². The van der Waals surface area contributed by atoms with E-state index in [4.69, 9.17) is 21.7 Å². The molecule has 0 bridgehead atoms. The van der Waals surface area contributed by atoms with Crippen molar-refractivity contribution in [2.75, 3.05) is 0 Å². The van der Waals surface area contributed by atoms with Crippen LogP contribution in [0, 0.1) is 31.6 Å². The van der Waals surface area contributed by atoms with E-state index in [2.05, 4.69) is 0 Å². The van der Waals surface area contributed by atoms with Gasteiger partial charge in [-0.25, -0.2) is 0 Å². The second-order valence-electron chi connectivity index (χ2n) is 3.08. The minimum Gasteiger partial charge on any atom is -0.312 e. The molecule has 0 aliphatic rings. The molecule has 0 N–H and O–H groups in total. The maximum atomic E-state index is 10.8. The van der Waals surface area contributed by atoms with Gasteiger partial charge in [-0.1, -0.05) is 13.8 Å². The van der Waals surface area contributed by atoms with Crippen molar-refractivity contribution in [3.05, 3.63) is 13.8 Å². The van der Waals surface area contributed by atoms with Gasteiger partial charge in [0.1, 0.15) is 0 Å². The Kier molecular flexibility index (Phi) is 4.47. The number of rotatable bonds is 4. The predicted molar refractivity (Wildman–Crippen MR) is 45.8 cm³/mol. The quantitative estimate of drug-likeness (QED) is 0.550. The molecule has 0 aromatic carbocycles. The first-order chi connectivity index (χ1) is 4.95. The Morgan fingerprint density at radius 1 is 1.45 bits per heavy atom. The fourth-order valence-corrected chi connectivity index (χ4v) is 0.990.